The lowest BCUT2D eigenvalue weighted by Crippen LogP contribution is -2.55. The molecule has 1 fully saturated rings. The van der Waals surface area contributed by atoms with Crippen LogP contribution in [0.5, 0.6) is 0 Å². The Morgan fingerprint density at radius 1 is 1.14 bits per heavy atom. The molecule has 0 amide bonds. The second kappa shape index (κ2) is 4.12. The van der Waals surface area contributed by atoms with Gasteiger partial charge in [-0.25, -0.2) is 0 Å². The minimum Gasteiger partial charge on any atom is -0.388 e. The first kappa shape index (κ1) is 11.9. The van der Waals surface area contributed by atoms with E-state index in [-0.39, 0.29) is 6.61 Å². The predicted octanol–water partition coefficient (Wildman–Crippen LogP) is -0.760. The molecule has 14 heavy (non-hydrogen) atoms. The molecule has 4 atom stereocenters. The van der Waals surface area contributed by atoms with Gasteiger partial charge in [-0.15, -0.1) is 0 Å². The van der Waals surface area contributed by atoms with E-state index in [1.54, 1.807) is 0 Å². The number of hydrogen-bond donors (Lipinski definition) is 3. The van der Waals surface area contributed by atoms with Crippen LogP contribution in [0.4, 0.5) is 0 Å². The molecule has 1 saturated heterocycles. The average molecular weight is 206 g/mol. The number of aliphatic hydroxyl groups is 3. The van der Waals surface area contributed by atoms with Crippen molar-refractivity contribution in [3.05, 3.63) is 0 Å². The fraction of sp³-hybridized carbons (Fsp3) is 1.00. The molecule has 5 nitrogen and oxygen atoms in total. The second-order valence-electron chi connectivity index (χ2n) is 4.48. The molecule has 0 bridgehead atoms. The van der Waals surface area contributed by atoms with Crippen molar-refractivity contribution in [3.8, 4) is 0 Å². The smallest absolute Gasteiger partial charge is 0.186 e. The minimum absolute atomic E-state index is 0.0288. The van der Waals surface area contributed by atoms with Crippen LogP contribution < -0.4 is 0 Å². The molecule has 5 heteroatoms. The largest absolute Gasteiger partial charge is 0.388 e. The Labute approximate surface area is 83.3 Å². The Morgan fingerprint density at radius 2 is 1.71 bits per heavy atom. The Hall–Kier alpha value is -0.200. The molecule has 4 unspecified atom stereocenters. The molecule has 0 radical (unpaired) electrons. The summed E-state index contributed by atoms with van der Waals surface area (Å²) in [6.45, 7) is 5.43. The lowest BCUT2D eigenvalue weighted by molar-refractivity contribution is -0.294. The van der Waals surface area contributed by atoms with E-state index in [0.29, 0.717) is 0 Å². The maximum atomic E-state index is 9.51. The van der Waals surface area contributed by atoms with Crippen LogP contribution in [0.2, 0.25) is 0 Å². The fourth-order valence-corrected chi connectivity index (χ4v) is 1.23. The van der Waals surface area contributed by atoms with Crippen LogP contribution in [0.1, 0.15) is 20.8 Å². The third-order valence-corrected chi connectivity index (χ3v) is 1.92. The molecule has 1 aliphatic rings. The molecule has 84 valence electrons. The van der Waals surface area contributed by atoms with Gasteiger partial charge in [-0.2, -0.15) is 0 Å². The standard InChI is InChI=1S/C9H18O5/c1-9(2,3)14-8-7(12)6(11)5(10)4-13-8/h5-8,10-12H,4H2,1-3H3. The molecular formula is C9H18O5. The van der Waals surface area contributed by atoms with Crippen molar-refractivity contribution in [3.63, 3.8) is 0 Å². The molecule has 0 aliphatic carbocycles. The van der Waals surface area contributed by atoms with Crippen LogP contribution in [-0.4, -0.2) is 52.1 Å². The predicted molar refractivity (Wildman–Crippen MR) is 48.6 cm³/mol. The molecule has 1 heterocycles. The fourth-order valence-electron chi connectivity index (χ4n) is 1.23. The first-order valence-corrected chi connectivity index (χ1v) is 4.65. The van der Waals surface area contributed by atoms with E-state index in [0.717, 1.165) is 0 Å². The quantitative estimate of drug-likeness (QED) is 0.525. The van der Waals surface area contributed by atoms with Gasteiger partial charge >= 0.3 is 0 Å². The number of ether oxygens (including phenoxy) is 2. The normalized spacial score (nSPS) is 39.9. The first-order valence-electron chi connectivity index (χ1n) is 4.65. The minimum atomic E-state index is -1.21. The zero-order chi connectivity index (χ0) is 10.9. The number of hydrogen-bond acceptors (Lipinski definition) is 5. The van der Waals surface area contributed by atoms with E-state index in [9.17, 15) is 15.3 Å². The highest BCUT2D eigenvalue weighted by molar-refractivity contribution is 4.83. The molecule has 3 N–H and O–H groups in total. The van der Waals surface area contributed by atoms with Gasteiger partial charge in [0.2, 0.25) is 0 Å². The Balaban J connectivity index is 2.55. The summed E-state index contributed by atoms with van der Waals surface area (Å²) < 4.78 is 10.4. The van der Waals surface area contributed by atoms with E-state index in [1.807, 2.05) is 20.8 Å². The van der Waals surface area contributed by atoms with E-state index in [4.69, 9.17) is 9.47 Å². The van der Waals surface area contributed by atoms with E-state index < -0.39 is 30.2 Å². The summed E-state index contributed by atoms with van der Waals surface area (Å²) in [4.78, 5) is 0. The molecule has 0 spiro atoms. The summed E-state index contributed by atoms with van der Waals surface area (Å²) in [5.74, 6) is 0. The number of aliphatic hydroxyl groups excluding tert-OH is 3. The first-order chi connectivity index (χ1) is 6.31. The molecular weight excluding hydrogens is 188 g/mol. The highest BCUT2D eigenvalue weighted by Crippen LogP contribution is 2.21. The van der Waals surface area contributed by atoms with Crippen molar-refractivity contribution < 1.29 is 24.8 Å². The number of rotatable bonds is 1. The third kappa shape index (κ3) is 2.90. The maximum Gasteiger partial charge on any atom is 0.186 e. The van der Waals surface area contributed by atoms with Gasteiger partial charge < -0.3 is 24.8 Å². The van der Waals surface area contributed by atoms with Crippen molar-refractivity contribution in [1.82, 2.24) is 0 Å². The zero-order valence-electron chi connectivity index (χ0n) is 8.67. The lowest BCUT2D eigenvalue weighted by atomic mass is 10.1. The van der Waals surface area contributed by atoms with Gasteiger partial charge in [0.1, 0.15) is 18.3 Å². The van der Waals surface area contributed by atoms with Crippen LogP contribution in [0.3, 0.4) is 0 Å². The molecule has 0 aromatic carbocycles. The van der Waals surface area contributed by atoms with Gasteiger partial charge in [-0.3, -0.25) is 0 Å². The summed E-state index contributed by atoms with van der Waals surface area (Å²) in [7, 11) is 0. The van der Waals surface area contributed by atoms with E-state index in [1.165, 1.54) is 0 Å². The van der Waals surface area contributed by atoms with Gasteiger partial charge in [0.15, 0.2) is 6.29 Å². The summed E-state index contributed by atoms with van der Waals surface area (Å²) in [5, 5.41) is 28.0. The molecule has 0 saturated carbocycles. The van der Waals surface area contributed by atoms with Crippen molar-refractivity contribution in [2.24, 2.45) is 0 Å². The van der Waals surface area contributed by atoms with Crippen LogP contribution in [0.25, 0.3) is 0 Å². The second-order valence-corrected chi connectivity index (χ2v) is 4.48. The summed E-state index contributed by atoms with van der Waals surface area (Å²) in [5.41, 5.74) is -0.465. The SMILES string of the molecule is CC(C)(C)OC1OCC(O)C(O)C1O. The summed E-state index contributed by atoms with van der Waals surface area (Å²) in [6, 6.07) is 0. The molecule has 0 aromatic heterocycles. The summed E-state index contributed by atoms with van der Waals surface area (Å²) in [6.07, 6.45) is -4.35. The van der Waals surface area contributed by atoms with Crippen molar-refractivity contribution in [1.29, 1.82) is 0 Å². The highest BCUT2D eigenvalue weighted by atomic mass is 16.7. The van der Waals surface area contributed by atoms with Crippen molar-refractivity contribution in [2.75, 3.05) is 6.61 Å². The summed E-state index contributed by atoms with van der Waals surface area (Å²) >= 11 is 0. The topological polar surface area (TPSA) is 79.2 Å². The van der Waals surface area contributed by atoms with Crippen LogP contribution in [-0.2, 0) is 9.47 Å². The maximum absolute atomic E-state index is 9.51. The van der Waals surface area contributed by atoms with E-state index in [2.05, 4.69) is 0 Å². The van der Waals surface area contributed by atoms with Gasteiger partial charge in [0.05, 0.1) is 12.2 Å². The van der Waals surface area contributed by atoms with Gasteiger partial charge in [-0.1, -0.05) is 0 Å². The van der Waals surface area contributed by atoms with Crippen molar-refractivity contribution in [2.45, 2.75) is 51.0 Å². The van der Waals surface area contributed by atoms with Gasteiger partial charge in [0.25, 0.3) is 0 Å². The zero-order valence-corrected chi connectivity index (χ0v) is 8.67. The molecule has 1 rings (SSSR count). The molecule has 1 aliphatic heterocycles. The monoisotopic (exact) mass is 206 g/mol. The molecule has 0 aromatic rings. The van der Waals surface area contributed by atoms with Gasteiger partial charge in [-0.05, 0) is 20.8 Å². The van der Waals surface area contributed by atoms with Crippen LogP contribution >= 0.6 is 0 Å². The third-order valence-electron chi connectivity index (χ3n) is 1.92. The van der Waals surface area contributed by atoms with Crippen LogP contribution in [0.15, 0.2) is 0 Å². The van der Waals surface area contributed by atoms with E-state index >= 15 is 0 Å². The Kier molecular flexibility index (Phi) is 3.49. The highest BCUT2D eigenvalue weighted by Gasteiger charge is 2.39. The van der Waals surface area contributed by atoms with Crippen LogP contribution in [0, 0.1) is 0 Å². The average Bonchev–Trinajstić information content (AvgIpc) is 2.04. The Bertz CT molecular complexity index is 188. The van der Waals surface area contributed by atoms with Gasteiger partial charge in [0, 0.05) is 0 Å². The Morgan fingerprint density at radius 3 is 2.21 bits per heavy atom. The lowest BCUT2D eigenvalue weighted by Gasteiger charge is -2.38. The van der Waals surface area contributed by atoms with Crippen molar-refractivity contribution >= 4 is 0 Å².